The maximum Gasteiger partial charge on any atom is 0.337 e. The molecule has 1 atom stereocenters. The zero-order valence-corrected chi connectivity index (χ0v) is 16.2. The van der Waals surface area contributed by atoms with Crippen LogP contribution in [0, 0.1) is 0 Å². The Bertz CT molecular complexity index is 864. The quantitative estimate of drug-likeness (QED) is 0.836. The van der Waals surface area contributed by atoms with E-state index in [9.17, 15) is 9.59 Å². The summed E-state index contributed by atoms with van der Waals surface area (Å²) in [7, 11) is 3.13. The van der Waals surface area contributed by atoms with E-state index in [1.165, 1.54) is 7.11 Å². The van der Waals surface area contributed by atoms with Gasteiger partial charge in [-0.15, -0.1) is 0 Å². The fraction of sp³-hybridized carbons (Fsp3) is 0.350. The van der Waals surface area contributed by atoms with Crippen LogP contribution in [-0.4, -0.2) is 43.1 Å². The Hall–Kier alpha value is -3.09. The molecule has 0 aliphatic carbocycles. The SMILES string of the molecule is COC(=O)c1ccc(Nc2ccc3c(n2)N(C(C)C)[C@H](C)C(=O)N3C)cc1. The number of pyridine rings is 1. The lowest BCUT2D eigenvalue weighted by Gasteiger charge is -2.41. The predicted octanol–water partition coefficient (Wildman–Crippen LogP) is 3.19. The lowest BCUT2D eigenvalue weighted by molar-refractivity contribution is -0.119. The van der Waals surface area contributed by atoms with Gasteiger partial charge in [0.1, 0.15) is 11.9 Å². The molecule has 0 saturated heterocycles. The summed E-state index contributed by atoms with van der Waals surface area (Å²) in [5, 5.41) is 3.25. The third kappa shape index (κ3) is 3.45. The van der Waals surface area contributed by atoms with Gasteiger partial charge in [-0.3, -0.25) is 4.79 Å². The van der Waals surface area contributed by atoms with E-state index in [0.29, 0.717) is 11.4 Å². The van der Waals surface area contributed by atoms with Crippen LogP contribution in [0.3, 0.4) is 0 Å². The van der Waals surface area contributed by atoms with Gasteiger partial charge in [0, 0.05) is 18.8 Å². The fourth-order valence-corrected chi connectivity index (χ4v) is 3.31. The number of benzene rings is 1. The molecule has 142 valence electrons. The minimum Gasteiger partial charge on any atom is -0.465 e. The number of hydrogen-bond donors (Lipinski definition) is 1. The van der Waals surface area contributed by atoms with Gasteiger partial charge < -0.3 is 19.9 Å². The van der Waals surface area contributed by atoms with Crippen molar-refractivity contribution in [1.29, 1.82) is 0 Å². The van der Waals surface area contributed by atoms with Gasteiger partial charge in [0.05, 0.1) is 18.4 Å². The molecule has 7 heteroatoms. The van der Waals surface area contributed by atoms with E-state index in [-0.39, 0.29) is 24.0 Å². The molecule has 1 aliphatic heterocycles. The Labute approximate surface area is 158 Å². The molecule has 7 nitrogen and oxygen atoms in total. The molecular formula is C20H24N4O3. The summed E-state index contributed by atoms with van der Waals surface area (Å²) in [5.41, 5.74) is 2.08. The van der Waals surface area contributed by atoms with Crippen molar-refractivity contribution in [2.45, 2.75) is 32.9 Å². The second-order valence-electron chi connectivity index (χ2n) is 6.81. The summed E-state index contributed by atoms with van der Waals surface area (Å²) >= 11 is 0. The highest BCUT2D eigenvalue weighted by Crippen LogP contribution is 2.36. The molecular weight excluding hydrogens is 344 g/mol. The average molecular weight is 368 g/mol. The van der Waals surface area contributed by atoms with Crippen molar-refractivity contribution in [3.05, 3.63) is 42.0 Å². The summed E-state index contributed by atoms with van der Waals surface area (Å²) in [4.78, 5) is 32.5. The summed E-state index contributed by atoms with van der Waals surface area (Å²) in [5.74, 6) is 1.12. The van der Waals surface area contributed by atoms with Gasteiger partial charge in [0.2, 0.25) is 5.91 Å². The van der Waals surface area contributed by atoms with Gasteiger partial charge in [-0.25, -0.2) is 9.78 Å². The number of anilines is 4. The van der Waals surface area contributed by atoms with Crippen molar-refractivity contribution in [2.24, 2.45) is 0 Å². The van der Waals surface area contributed by atoms with Gasteiger partial charge in [-0.05, 0) is 57.2 Å². The van der Waals surface area contributed by atoms with Crippen LogP contribution < -0.4 is 15.1 Å². The number of rotatable bonds is 4. The van der Waals surface area contributed by atoms with Gasteiger partial charge in [-0.1, -0.05) is 0 Å². The number of aromatic nitrogens is 1. The van der Waals surface area contributed by atoms with Crippen LogP contribution in [0.15, 0.2) is 36.4 Å². The molecule has 3 rings (SSSR count). The van der Waals surface area contributed by atoms with E-state index in [4.69, 9.17) is 9.72 Å². The third-order valence-corrected chi connectivity index (χ3v) is 4.70. The van der Waals surface area contributed by atoms with Crippen LogP contribution in [0.2, 0.25) is 0 Å². The molecule has 0 spiro atoms. The number of fused-ring (bicyclic) bond motifs is 1. The number of amides is 1. The highest BCUT2D eigenvalue weighted by atomic mass is 16.5. The first kappa shape index (κ1) is 18.7. The standard InChI is InChI=1S/C20H24N4O3/c1-12(2)24-13(3)19(25)23(4)16-10-11-17(22-18(16)24)21-15-8-6-14(7-9-15)20(26)27-5/h6-13H,1-5H3,(H,21,22)/t13-/m1/s1. The molecule has 0 radical (unpaired) electrons. The zero-order valence-electron chi connectivity index (χ0n) is 16.2. The number of nitrogens with one attached hydrogen (secondary N) is 1. The van der Waals surface area contributed by atoms with E-state index < -0.39 is 0 Å². The predicted molar refractivity (Wildman–Crippen MR) is 106 cm³/mol. The smallest absolute Gasteiger partial charge is 0.337 e. The van der Waals surface area contributed by atoms with Crippen LogP contribution in [0.1, 0.15) is 31.1 Å². The molecule has 0 fully saturated rings. The van der Waals surface area contributed by atoms with Crippen molar-refractivity contribution in [3.8, 4) is 0 Å². The Morgan fingerprint density at radius 2 is 1.85 bits per heavy atom. The molecule has 1 aromatic carbocycles. The second-order valence-corrected chi connectivity index (χ2v) is 6.81. The molecule has 1 amide bonds. The number of esters is 1. The van der Waals surface area contributed by atoms with Crippen molar-refractivity contribution in [2.75, 3.05) is 29.3 Å². The second kappa shape index (κ2) is 7.26. The van der Waals surface area contributed by atoms with Crippen LogP contribution in [-0.2, 0) is 9.53 Å². The van der Waals surface area contributed by atoms with Crippen molar-refractivity contribution >= 4 is 34.9 Å². The van der Waals surface area contributed by atoms with E-state index >= 15 is 0 Å². The summed E-state index contributed by atoms with van der Waals surface area (Å²) in [6.45, 7) is 5.99. The van der Waals surface area contributed by atoms with Crippen molar-refractivity contribution in [3.63, 3.8) is 0 Å². The van der Waals surface area contributed by atoms with Crippen LogP contribution in [0.5, 0.6) is 0 Å². The number of carbonyl (C=O) groups is 2. The monoisotopic (exact) mass is 368 g/mol. The van der Waals surface area contributed by atoms with Crippen LogP contribution >= 0.6 is 0 Å². The topological polar surface area (TPSA) is 74.8 Å². The normalized spacial score (nSPS) is 16.4. The first-order chi connectivity index (χ1) is 12.8. The minimum absolute atomic E-state index is 0.0529. The maximum atomic E-state index is 12.5. The maximum absolute atomic E-state index is 12.5. The molecule has 0 bridgehead atoms. The third-order valence-electron chi connectivity index (χ3n) is 4.70. The van der Waals surface area contributed by atoms with Gasteiger partial charge >= 0.3 is 5.97 Å². The number of hydrogen-bond acceptors (Lipinski definition) is 6. The van der Waals surface area contributed by atoms with E-state index in [1.807, 2.05) is 37.8 Å². The molecule has 0 saturated carbocycles. The lowest BCUT2D eigenvalue weighted by atomic mass is 10.1. The van der Waals surface area contributed by atoms with E-state index in [1.54, 1.807) is 36.2 Å². The van der Waals surface area contributed by atoms with Gasteiger partial charge in [0.15, 0.2) is 5.82 Å². The number of ether oxygens (including phenoxy) is 1. The first-order valence-corrected chi connectivity index (χ1v) is 8.86. The van der Waals surface area contributed by atoms with Crippen LogP contribution in [0.25, 0.3) is 0 Å². The molecule has 1 aliphatic rings. The lowest BCUT2D eigenvalue weighted by Crippen LogP contribution is -2.53. The Morgan fingerprint density at radius 3 is 2.44 bits per heavy atom. The molecule has 2 heterocycles. The molecule has 1 N–H and O–H groups in total. The summed E-state index contributed by atoms with van der Waals surface area (Å²) in [6, 6.07) is 10.6. The number of likely N-dealkylation sites (N-methyl/N-ethyl adjacent to an activating group) is 1. The first-order valence-electron chi connectivity index (χ1n) is 8.86. The summed E-state index contributed by atoms with van der Waals surface area (Å²) < 4.78 is 4.71. The minimum atomic E-state index is -0.372. The fourth-order valence-electron chi connectivity index (χ4n) is 3.31. The molecule has 0 unspecified atom stereocenters. The average Bonchev–Trinajstić information content (AvgIpc) is 2.66. The van der Waals surface area contributed by atoms with E-state index in [2.05, 4.69) is 5.32 Å². The molecule has 1 aromatic heterocycles. The van der Waals surface area contributed by atoms with Crippen molar-refractivity contribution < 1.29 is 14.3 Å². The molecule has 2 aromatic rings. The number of carbonyl (C=O) groups excluding carboxylic acids is 2. The van der Waals surface area contributed by atoms with Crippen LogP contribution in [0.4, 0.5) is 23.0 Å². The Kier molecular flexibility index (Phi) is 5.03. The number of nitrogens with zero attached hydrogens (tertiary/aromatic N) is 3. The zero-order chi connectivity index (χ0) is 19.7. The van der Waals surface area contributed by atoms with E-state index in [0.717, 1.165) is 17.2 Å². The number of methoxy groups -OCH3 is 1. The highest BCUT2D eigenvalue weighted by molar-refractivity contribution is 6.04. The summed E-state index contributed by atoms with van der Waals surface area (Å²) in [6.07, 6.45) is 0. The largest absolute Gasteiger partial charge is 0.465 e. The van der Waals surface area contributed by atoms with Gasteiger partial charge in [-0.2, -0.15) is 0 Å². The Balaban J connectivity index is 1.91. The van der Waals surface area contributed by atoms with Crippen molar-refractivity contribution in [1.82, 2.24) is 4.98 Å². The Morgan fingerprint density at radius 1 is 1.19 bits per heavy atom. The molecule has 27 heavy (non-hydrogen) atoms. The van der Waals surface area contributed by atoms with Gasteiger partial charge in [0.25, 0.3) is 0 Å². The highest BCUT2D eigenvalue weighted by Gasteiger charge is 2.36.